The molecule has 0 saturated heterocycles. The fraction of sp³-hybridized carbons (Fsp3) is 1.00. The maximum Gasteiger partial charge on any atom is 0.0558 e. The first-order valence-electron chi connectivity index (χ1n) is 12.9. The molecule has 0 atom stereocenters. The fourth-order valence-electron chi connectivity index (χ4n) is 0.630. The zero-order valence-corrected chi connectivity index (χ0v) is 8.08. The van der Waals surface area contributed by atoms with Gasteiger partial charge in [0.25, 0.3) is 0 Å². The van der Waals surface area contributed by atoms with Gasteiger partial charge in [-0.05, 0) is 10.9 Å². The third kappa shape index (κ3) is 1.93. The van der Waals surface area contributed by atoms with Crippen molar-refractivity contribution in [2.75, 3.05) is 0 Å². The van der Waals surface area contributed by atoms with Crippen LogP contribution in [-0.2, 0) is 0 Å². The van der Waals surface area contributed by atoms with Crippen LogP contribution in [-0.4, -0.2) is 8.07 Å². The van der Waals surface area contributed by atoms with Crippen molar-refractivity contribution in [3.05, 3.63) is 0 Å². The minimum Gasteiger partial charge on any atom is -0.0688 e. The van der Waals surface area contributed by atoms with Crippen LogP contribution in [0.25, 0.3) is 0 Å². The average molecular weight is 206 g/mol. The molecule has 0 rings (SSSR count). The van der Waals surface area contributed by atoms with Gasteiger partial charge in [-0.2, -0.15) is 0 Å². The first-order valence-corrected chi connectivity index (χ1v) is 5.52. The van der Waals surface area contributed by atoms with Crippen LogP contribution < -0.4 is 0 Å². The predicted molar refractivity (Wildman–Crippen MR) is 61.5 cm³/mol. The van der Waals surface area contributed by atoms with Crippen molar-refractivity contribution in [3.8, 4) is 0 Å². The molecule has 0 aromatic carbocycles. The minimum absolute atomic E-state index is 0.913. The molecule has 0 N–H and O–H groups in total. The summed E-state index contributed by atoms with van der Waals surface area (Å²) in [6, 6.07) is 0. The zero-order valence-electron chi connectivity index (χ0n) is 26.1. The zero-order chi connectivity index (χ0) is 26.1. The Hall–Kier alpha value is 0.217. The van der Waals surface area contributed by atoms with Gasteiger partial charge in [-0.1, -0.05) is 59.7 Å². The predicted octanol–water partition coefficient (Wildman–Crippen LogP) is 4.54. The molecule has 0 aliphatic carbocycles. The van der Waals surface area contributed by atoms with Crippen molar-refractivity contribution in [3.63, 3.8) is 0 Å². The quantitative estimate of drug-likeness (QED) is 0.594. The second-order valence-corrected chi connectivity index (χ2v) is 6.61. The molecule has 0 nitrogen and oxygen atoms in total. The Kier molecular flexibility index (Phi) is 0.495. The first-order chi connectivity index (χ1) is 12.9. The lowest BCUT2D eigenvalue weighted by Gasteiger charge is -2.46. The number of hydrogen-bond donors (Lipinski definition) is 0. The van der Waals surface area contributed by atoms with Gasteiger partial charge < -0.3 is 0 Å². The summed E-state index contributed by atoms with van der Waals surface area (Å²) in [5.74, 6) is -4.50. The van der Waals surface area contributed by atoms with E-state index in [0.717, 1.165) is 13.8 Å². The van der Waals surface area contributed by atoms with E-state index >= 15 is 0 Å². The van der Waals surface area contributed by atoms with E-state index in [1.165, 1.54) is 0 Å². The molecule has 0 aromatic heterocycles. The lowest BCUT2D eigenvalue weighted by molar-refractivity contribution is 0.452. The molecule has 0 aliphatic heterocycles. The van der Waals surface area contributed by atoms with Gasteiger partial charge in [0.2, 0.25) is 0 Å². The van der Waals surface area contributed by atoms with Gasteiger partial charge in [-0.15, -0.1) is 0 Å². The van der Waals surface area contributed by atoms with Crippen molar-refractivity contribution in [2.45, 2.75) is 64.8 Å². The summed E-state index contributed by atoms with van der Waals surface area (Å²) in [6.07, 6.45) is 0. The average Bonchev–Trinajstić information content (AvgIpc) is 2.34. The summed E-state index contributed by atoms with van der Waals surface area (Å²) in [7, 11) is -6.21. The SMILES string of the molecule is [2H]C([2H])([2H])C([2H])(C([2H])([2H])[2H])C(C([2H])([2H])[2H])(C([2H])([2H])[2H])[Si](C(C)C)(C([2H])([2H])[2H])C([2H])([2H])[2H]. The normalized spacial score (nSPS) is 45.1. The van der Waals surface area contributed by atoms with Crippen LogP contribution in [0.4, 0.5) is 0 Å². The highest BCUT2D eigenvalue weighted by molar-refractivity contribution is 6.81. The molecule has 12 heavy (non-hydrogen) atoms. The summed E-state index contributed by atoms with van der Waals surface area (Å²) < 4.78 is 151. The highest BCUT2D eigenvalue weighted by Crippen LogP contribution is 2.48. The number of rotatable bonds is 3. The molecule has 0 aliphatic rings. The van der Waals surface area contributed by atoms with E-state index in [9.17, 15) is 0 Å². The van der Waals surface area contributed by atoms with Crippen LogP contribution in [0.5, 0.6) is 0 Å². The Morgan fingerprint density at radius 1 is 1.25 bits per heavy atom. The molecular weight excluding hydrogens is 160 g/mol. The summed E-state index contributed by atoms with van der Waals surface area (Å²) in [6.45, 7) is -23.0. The van der Waals surface area contributed by atoms with Gasteiger partial charge in [0.15, 0.2) is 0 Å². The van der Waals surface area contributed by atoms with Crippen molar-refractivity contribution < 1.29 is 26.0 Å². The highest BCUT2D eigenvalue weighted by Gasteiger charge is 2.42. The summed E-state index contributed by atoms with van der Waals surface area (Å²) in [4.78, 5) is 0. The molecular formula is C11H26Si. The molecule has 0 spiro atoms. The molecule has 1 heteroatoms. The van der Waals surface area contributed by atoms with Crippen LogP contribution >= 0.6 is 0 Å². The highest BCUT2D eigenvalue weighted by atomic mass is 28.3. The summed E-state index contributed by atoms with van der Waals surface area (Å²) in [5.41, 5.74) is -1.80. The van der Waals surface area contributed by atoms with E-state index in [1.54, 1.807) is 0 Å². The molecule has 0 aromatic rings. The Labute approximate surface area is 106 Å². The van der Waals surface area contributed by atoms with Crippen LogP contribution in [0, 0.1) is 5.89 Å². The maximum absolute atomic E-state index is 8.54. The second kappa shape index (κ2) is 3.53. The van der Waals surface area contributed by atoms with E-state index in [1.807, 2.05) is 0 Å². The molecule has 0 heterocycles. The third-order valence-electron chi connectivity index (χ3n) is 1.83. The summed E-state index contributed by atoms with van der Waals surface area (Å²) in [5, 5.41) is -4.44. The lowest BCUT2D eigenvalue weighted by Crippen LogP contribution is -2.44. The van der Waals surface area contributed by atoms with Gasteiger partial charge in [0, 0.05) is 26.0 Å². The van der Waals surface area contributed by atoms with Crippen LogP contribution in [0.3, 0.4) is 0 Å². The smallest absolute Gasteiger partial charge is 0.0558 e. The molecule has 0 saturated carbocycles. The second-order valence-electron chi connectivity index (χ2n) is 3.09. The first kappa shape index (κ1) is 1.68. The van der Waals surface area contributed by atoms with E-state index in [0.29, 0.717) is 0 Å². The van der Waals surface area contributed by atoms with E-state index in [-0.39, 0.29) is 0 Å². The molecule has 0 fully saturated rings. The lowest BCUT2D eigenvalue weighted by atomic mass is 9.99. The Balaban J connectivity index is 8.87. The van der Waals surface area contributed by atoms with Crippen LogP contribution in [0.2, 0.25) is 23.5 Å². The van der Waals surface area contributed by atoms with Gasteiger partial charge in [0.05, 0.1) is 8.07 Å². The van der Waals surface area contributed by atoms with Gasteiger partial charge in [-0.3, -0.25) is 0 Å². The van der Waals surface area contributed by atoms with Gasteiger partial charge in [-0.25, -0.2) is 0 Å². The van der Waals surface area contributed by atoms with E-state index in [2.05, 4.69) is 0 Å². The van der Waals surface area contributed by atoms with E-state index in [4.69, 9.17) is 26.0 Å². The topological polar surface area (TPSA) is 0 Å². The largest absolute Gasteiger partial charge is 0.0688 e. The van der Waals surface area contributed by atoms with Crippen molar-refractivity contribution in [2.24, 2.45) is 5.89 Å². The monoisotopic (exact) mass is 205 g/mol. The summed E-state index contributed by atoms with van der Waals surface area (Å²) >= 11 is 0. The van der Waals surface area contributed by atoms with Crippen molar-refractivity contribution in [1.29, 1.82) is 0 Å². The van der Waals surface area contributed by atoms with E-state index < -0.39 is 64.9 Å². The number of hydrogen-bond acceptors (Lipinski definition) is 0. The van der Waals surface area contributed by atoms with Crippen molar-refractivity contribution in [1.82, 2.24) is 0 Å². The Bertz CT molecular complexity index is 593. The van der Waals surface area contributed by atoms with Crippen LogP contribution in [0.15, 0.2) is 0 Å². The van der Waals surface area contributed by atoms with Gasteiger partial charge in [0.1, 0.15) is 0 Å². The Morgan fingerprint density at radius 2 is 1.83 bits per heavy atom. The third-order valence-corrected chi connectivity index (χ3v) is 5.00. The molecule has 74 valence electrons. The molecule has 0 unspecified atom stereocenters. The minimum atomic E-state index is -6.21. The Morgan fingerprint density at radius 3 is 2.08 bits per heavy atom. The molecule has 0 bridgehead atoms. The molecule has 0 radical (unpaired) electrons. The standard InChI is InChI=1S/C11H26Si/c1-9(2)11(5,6)12(7,8)10(3)4/h9-10H,1-8H3/i1D3,2D3,5D3,6D3,7D3,8D3,9D. The fourth-order valence-corrected chi connectivity index (χ4v) is 1.89. The van der Waals surface area contributed by atoms with Crippen LogP contribution in [0.1, 0.15) is 67.3 Å². The molecule has 0 amide bonds. The van der Waals surface area contributed by atoms with Gasteiger partial charge >= 0.3 is 0 Å². The maximum atomic E-state index is 8.54. The van der Waals surface area contributed by atoms with Crippen molar-refractivity contribution >= 4 is 8.07 Å².